The zero-order chi connectivity index (χ0) is 22.4. The van der Waals surface area contributed by atoms with Gasteiger partial charge in [-0.1, -0.05) is 12.1 Å². The molecular weight excluding hydrogens is 394 g/mol. The van der Waals surface area contributed by atoms with E-state index in [9.17, 15) is 14.4 Å². The topological polar surface area (TPSA) is 128 Å². The van der Waals surface area contributed by atoms with Crippen LogP contribution in [0.25, 0.3) is 0 Å². The molecule has 0 aliphatic heterocycles. The van der Waals surface area contributed by atoms with E-state index in [4.69, 9.17) is 5.26 Å². The van der Waals surface area contributed by atoms with Crippen molar-refractivity contribution in [3.63, 3.8) is 0 Å². The van der Waals surface area contributed by atoms with Gasteiger partial charge >= 0.3 is 0 Å². The maximum absolute atomic E-state index is 12.4. The highest BCUT2D eigenvalue weighted by molar-refractivity contribution is 6.04. The second kappa shape index (κ2) is 9.50. The Labute approximate surface area is 179 Å². The highest BCUT2D eigenvalue weighted by Crippen LogP contribution is 2.17. The number of nitrogens with one attached hydrogen (secondary N) is 3. The molecule has 2 heterocycles. The summed E-state index contributed by atoms with van der Waals surface area (Å²) in [4.78, 5) is 43.4. The summed E-state index contributed by atoms with van der Waals surface area (Å²) < 4.78 is 0. The number of carbonyl (C=O) groups excluding carboxylic acids is 2. The van der Waals surface area contributed by atoms with Gasteiger partial charge in [0, 0.05) is 29.6 Å². The molecule has 0 aliphatic carbocycles. The van der Waals surface area contributed by atoms with Crippen molar-refractivity contribution >= 4 is 23.3 Å². The van der Waals surface area contributed by atoms with Crippen molar-refractivity contribution in [3.05, 3.63) is 87.0 Å². The second-order valence-corrected chi connectivity index (χ2v) is 6.97. The van der Waals surface area contributed by atoms with Gasteiger partial charge in [0.25, 0.3) is 11.5 Å². The quantitative estimate of drug-likeness (QED) is 0.570. The van der Waals surface area contributed by atoms with Crippen LogP contribution in [0.3, 0.4) is 0 Å². The molecule has 0 saturated carbocycles. The van der Waals surface area contributed by atoms with E-state index in [1.165, 1.54) is 0 Å². The summed E-state index contributed by atoms with van der Waals surface area (Å²) in [6.07, 6.45) is 2.11. The van der Waals surface area contributed by atoms with Gasteiger partial charge in [0.1, 0.15) is 17.5 Å². The number of hydrogen-bond donors (Lipinski definition) is 3. The maximum Gasteiger partial charge on any atom is 0.266 e. The van der Waals surface area contributed by atoms with Crippen molar-refractivity contribution in [1.29, 1.82) is 5.26 Å². The van der Waals surface area contributed by atoms with Crippen molar-refractivity contribution in [1.82, 2.24) is 9.97 Å². The van der Waals surface area contributed by atoms with E-state index in [0.717, 1.165) is 5.56 Å². The molecule has 3 rings (SSSR count). The molecule has 0 unspecified atom stereocenters. The van der Waals surface area contributed by atoms with Crippen LogP contribution in [0.4, 0.5) is 11.5 Å². The summed E-state index contributed by atoms with van der Waals surface area (Å²) in [5, 5.41) is 14.6. The Kier molecular flexibility index (Phi) is 6.58. The summed E-state index contributed by atoms with van der Waals surface area (Å²) in [6, 6.07) is 13.7. The number of amides is 2. The number of rotatable bonds is 6. The minimum absolute atomic E-state index is 0.0626. The van der Waals surface area contributed by atoms with Crippen LogP contribution in [-0.4, -0.2) is 21.8 Å². The lowest BCUT2D eigenvalue weighted by atomic mass is 9.99. The van der Waals surface area contributed by atoms with Gasteiger partial charge in [0.15, 0.2) is 0 Å². The molecule has 0 spiro atoms. The third-order valence-electron chi connectivity index (χ3n) is 4.84. The summed E-state index contributed by atoms with van der Waals surface area (Å²) >= 11 is 0. The number of aromatic nitrogens is 2. The molecule has 31 heavy (non-hydrogen) atoms. The highest BCUT2D eigenvalue weighted by atomic mass is 16.2. The molecule has 3 N–H and O–H groups in total. The number of benzene rings is 1. The zero-order valence-corrected chi connectivity index (χ0v) is 17.2. The third kappa shape index (κ3) is 5.22. The molecule has 8 nitrogen and oxygen atoms in total. The van der Waals surface area contributed by atoms with Crippen LogP contribution >= 0.6 is 0 Å². The van der Waals surface area contributed by atoms with E-state index < -0.39 is 5.56 Å². The van der Waals surface area contributed by atoms with Crippen LogP contribution in [0.5, 0.6) is 0 Å². The number of anilines is 2. The highest BCUT2D eigenvalue weighted by Gasteiger charge is 2.14. The number of pyridine rings is 2. The fourth-order valence-electron chi connectivity index (χ4n) is 3.25. The molecule has 0 bridgehead atoms. The third-order valence-corrected chi connectivity index (χ3v) is 4.84. The first-order valence-electron chi connectivity index (χ1n) is 9.63. The first kappa shape index (κ1) is 21.5. The van der Waals surface area contributed by atoms with Crippen LogP contribution in [0.1, 0.15) is 39.2 Å². The predicted octanol–water partition coefficient (Wildman–Crippen LogP) is 3.08. The number of carbonyl (C=O) groups is 2. The van der Waals surface area contributed by atoms with Crippen LogP contribution in [-0.2, 0) is 11.2 Å². The molecule has 3 aromatic rings. The fraction of sp³-hybridized carbons (Fsp3) is 0.174. The molecule has 2 aromatic heterocycles. The van der Waals surface area contributed by atoms with Crippen LogP contribution < -0.4 is 16.2 Å². The van der Waals surface area contributed by atoms with Crippen molar-refractivity contribution < 1.29 is 9.59 Å². The summed E-state index contributed by atoms with van der Waals surface area (Å²) in [7, 11) is 0. The fourth-order valence-corrected chi connectivity index (χ4v) is 3.25. The Hall–Kier alpha value is -4.25. The number of nitrogens with zero attached hydrogens (tertiary/aromatic N) is 2. The molecule has 2 amide bonds. The second-order valence-electron chi connectivity index (χ2n) is 6.97. The SMILES string of the molecule is Cc1[nH]c(=O)c(C#N)c(C)c1CCC(=O)Nc1cccc(C(=O)Nc2ccccn2)c1. The van der Waals surface area contributed by atoms with E-state index in [1.807, 2.05) is 6.07 Å². The lowest BCUT2D eigenvalue weighted by molar-refractivity contribution is -0.116. The summed E-state index contributed by atoms with van der Waals surface area (Å²) in [6.45, 7) is 3.45. The maximum atomic E-state index is 12.4. The van der Waals surface area contributed by atoms with E-state index >= 15 is 0 Å². The van der Waals surface area contributed by atoms with Gasteiger partial charge in [-0.3, -0.25) is 14.4 Å². The molecule has 0 fully saturated rings. The van der Waals surface area contributed by atoms with Gasteiger partial charge in [-0.15, -0.1) is 0 Å². The van der Waals surface area contributed by atoms with Crippen molar-refractivity contribution in [2.45, 2.75) is 26.7 Å². The van der Waals surface area contributed by atoms with Crippen molar-refractivity contribution in [2.75, 3.05) is 10.6 Å². The van der Waals surface area contributed by atoms with Gasteiger partial charge in [-0.2, -0.15) is 5.26 Å². The molecule has 0 aliphatic rings. The van der Waals surface area contributed by atoms with Crippen molar-refractivity contribution in [2.24, 2.45) is 0 Å². The van der Waals surface area contributed by atoms with Crippen LogP contribution in [0.15, 0.2) is 53.5 Å². The average molecular weight is 415 g/mol. The Morgan fingerprint density at radius 2 is 1.94 bits per heavy atom. The number of hydrogen-bond acceptors (Lipinski definition) is 5. The zero-order valence-electron chi connectivity index (χ0n) is 17.2. The lowest BCUT2D eigenvalue weighted by Gasteiger charge is -2.11. The van der Waals surface area contributed by atoms with Crippen LogP contribution in [0.2, 0.25) is 0 Å². The smallest absolute Gasteiger partial charge is 0.266 e. The van der Waals surface area contributed by atoms with E-state index in [0.29, 0.717) is 34.7 Å². The molecule has 0 atom stereocenters. The van der Waals surface area contributed by atoms with Gasteiger partial charge in [-0.05, 0) is 61.7 Å². The Balaban J connectivity index is 1.65. The van der Waals surface area contributed by atoms with E-state index in [2.05, 4.69) is 20.6 Å². The number of nitriles is 1. The molecule has 1 aromatic carbocycles. The molecular formula is C23H21N5O3. The Morgan fingerprint density at radius 1 is 1.13 bits per heavy atom. The normalized spacial score (nSPS) is 10.2. The van der Waals surface area contributed by atoms with Crippen LogP contribution in [0, 0.1) is 25.2 Å². The first-order valence-corrected chi connectivity index (χ1v) is 9.63. The number of aryl methyl sites for hydroxylation is 1. The summed E-state index contributed by atoms with van der Waals surface area (Å²) in [5.74, 6) is -0.144. The molecule has 0 saturated heterocycles. The predicted molar refractivity (Wildman–Crippen MR) is 117 cm³/mol. The average Bonchev–Trinajstić information content (AvgIpc) is 2.74. The van der Waals surface area contributed by atoms with Gasteiger partial charge < -0.3 is 15.6 Å². The Bertz CT molecular complexity index is 1230. The monoisotopic (exact) mass is 415 g/mol. The summed E-state index contributed by atoms with van der Waals surface area (Å²) in [5.41, 5.74) is 2.52. The minimum Gasteiger partial charge on any atom is -0.326 e. The van der Waals surface area contributed by atoms with Crippen molar-refractivity contribution in [3.8, 4) is 6.07 Å². The minimum atomic E-state index is -0.425. The standard InChI is InChI=1S/C23H21N5O3/c1-14-18(15(2)26-23(31)19(14)13-24)9-10-21(29)27-17-7-5-6-16(12-17)22(30)28-20-8-3-4-11-25-20/h3-8,11-12H,9-10H2,1-2H3,(H,26,31)(H,27,29)(H,25,28,30). The van der Waals surface area contributed by atoms with Gasteiger partial charge in [-0.25, -0.2) is 4.98 Å². The van der Waals surface area contributed by atoms with Gasteiger partial charge in [0.05, 0.1) is 0 Å². The molecule has 0 radical (unpaired) electrons. The number of aromatic amines is 1. The van der Waals surface area contributed by atoms with E-state index in [1.54, 1.807) is 62.5 Å². The lowest BCUT2D eigenvalue weighted by Crippen LogP contribution is -2.18. The van der Waals surface area contributed by atoms with E-state index in [-0.39, 0.29) is 23.8 Å². The van der Waals surface area contributed by atoms with Gasteiger partial charge in [0.2, 0.25) is 5.91 Å². The largest absolute Gasteiger partial charge is 0.326 e. The Morgan fingerprint density at radius 3 is 2.65 bits per heavy atom. The molecule has 8 heteroatoms. The first-order chi connectivity index (χ1) is 14.9. The number of H-pyrrole nitrogens is 1. The molecule has 156 valence electrons.